The van der Waals surface area contributed by atoms with Crippen molar-refractivity contribution in [3.8, 4) is 5.75 Å². The first-order valence-corrected chi connectivity index (χ1v) is 13.0. The molecule has 1 heterocycles. The van der Waals surface area contributed by atoms with Crippen LogP contribution in [0.25, 0.3) is 10.4 Å². The number of aryl methyl sites for hydroxylation is 1. The van der Waals surface area contributed by atoms with Gasteiger partial charge in [-0.1, -0.05) is 59.2 Å². The lowest BCUT2D eigenvalue weighted by atomic mass is 9.85. The number of hydrogen-bond donors (Lipinski definition) is 2. The molecule has 0 saturated carbocycles. The van der Waals surface area contributed by atoms with Gasteiger partial charge in [0.15, 0.2) is 5.54 Å². The Morgan fingerprint density at radius 1 is 1.15 bits per heavy atom. The number of nitrogens with zero attached hydrogens (tertiary/aromatic N) is 4. The maximum atomic E-state index is 13.8. The van der Waals surface area contributed by atoms with Gasteiger partial charge in [0.05, 0.1) is 6.61 Å². The Kier molecular flexibility index (Phi) is 9.20. The SMILES string of the molecule is Cc1ccc(CCNC(=O)[C@]2(Cc3ccccc3N=[N+]=[N-])N=C(c3ccc(OCCCO)cc3)O[C@@H]2C)cc1. The number of amides is 1. The van der Waals surface area contributed by atoms with Gasteiger partial charge in [0.2, 0.25) is 5.90 Å². The summed E-state index contributed by atoms with van der Waals surface area (Å²) in [6.07, 6.45) is 0.854. The van der Waals surface area contributed by atoms with Crippen molar-refractivity contribution in [2.75, 3.05) is 19.8 Å². The zero-order valence-corrected chi connectivity index (χ0v) is 22.2. The van der Waals surface area contributed by atoms with Crippen molar-refractivity contribution in [1.82, 2.24) is 5.32 Å². The van der Waals surface area contributed by atoms with E-state index >= 15 is 0 Å². The van der Waals surface area contributed by atoms with Crippen molar-refractivity contribution in [1.29, 1.82) is 0 Å². The van der Waals surface area contributed by atoms with E-state index in [1.165, 1.54) is 5.56 Å². The van der Waals surface area contributed by atoms with Crippen LogP contribution in [-0.2, 0) is 22.4 Å². The van der Waals surface area contributed by atoms with Crippen LogP contribution in [0.4, 0.5) is 5.69 Å². The zero-order valence-electron chi connectivity index (χ0n) is 22.2. The minimum Gasteiger partial charge on any atom is -0.494 e. The predicted molar refractivity (Wildman–Crippen MR) is 150 cm³/mol. The van der Waals surface area contributed by atoms with Gasteiger partial charge < -0.3 is 19.9 Å². The summed E-state index contributed by atoms with van der Waals surface area (Å²) in [7, 11) is 0. The molecule has 0 unspecified atom stereocenters. The molecular weight excluding hydrogens is 494 g/mol. The first-order valence-electron chi connectivity index (χ1n) is 13.0. The molecule has 0 fully saturated rings. The fraction of sp³-hybridized carbons (Fsp3) is 0.333. The third-order valence-corrected chi connectivity index (χ3v) is 6.75. The average molecular weight is 528 g/mol. The number of carbonyl (C=O) groups is 1. The molecule has 0 bridgehead atoms. The molecule has 1 aliphatic rings. The quantitative estimate of drug-likeness (QED) is 0.145. The summed E-state index contributed by atoms with van der Waals surface area (Å²) in [4.78, 5) is 21.7. The largest absolute Gasteiger partial charge is 0.494 e. The molecule has 39 heavy (non-hydrogen) atoms. The minimum atomic E-state index is -1.26. The van der Waals surface area contributed by atoms with Crippen LogP contribution in [0.3, 0.4) is 0 Å². The number of aliphatic hydroxyl groups excluding tert-OH is 1. The number of ether oxygens (including phenoxy) is 2. The molecule has 0 spiro atoms. The van der Waals surface area contributed by atoms with E-state index in [1.54, 1.807) is 12.1 Å². The molecule has 2 N–H and O–H groups in total. The Hall–Kier alpha value is -4.33. The highest BCUT2D eigenvalue weighted by Gasteiger charge is 2.50. The van der Waals surface area contributed by atoms with E-state index in [1.807, 2.05) is 50.2 Å². The zero-order chi connectivity index (χ0) is 27.7. The van der Waals surface area contributed by atoms with E-state index in [-0.39, 0.29) is 18.9 Å². The number of hydrogen-bond acceptors (Lipinski definition) is 6. The van der Waals surface area contributed by atoms with Gasteiger partial charge in [-0.25, -0.2) is 4.99 Å². The number of rotatable bonds is 12. The van der Waals surface area contributed by atoms with Crippen molar-refractivity contribution >= 4 is 17.5 Å². The third-order valence-electron chi connectivity index (χ3n) is 6.75. The first kappa shape index (κ1) is 27.7. The molecule has 3 aromatic carbocycles. The molecule has 202 valence electrons. The van der Waals surface area contributed by atoms with E-state index in [4.69, 9.17) is 25.1 Å². The molecule has 4 rings (SSSR count). The van der Waals surface area contributed by atoms with E-state index < -0.39 is 11.6 Å². The molecule has 0 saturated heterocycles. The Morgan fingerprint density at radius 2 is 1.90 bits per heavy atom. The topological polar surface area (TPSA) is 129 Å². The maximum Gasteiger partial charge on any atom is 0.252 e. The Labute approximate surface area is 228 Å². The average Bonchev–Trinajstić information content (AvgIpc) is 3.28. The highest BCUT2D eigenvalue weighted by Crippen LogP contribution is 2.35. The molecule has 0 radical (unpaired) electrons. The normalized spacial score (nSPS) is 18.0. The molecule has 1 aliphatic heterocycles. The van der Waals surface area contributed by atoms with E-state index in [0.29, 0.717) is 54.5 Å². The number of azide groups is 1. The summed E-state index contributed by atoms with van der Waals surface area (Å²) in [5, 5.41) is 15.8. The highest BCUT2D eigenvalue weighted by molar-refractivity contribution is 6.01. The molecule has 1 amide bonds. The number of carbonyl (C=O) groups excluding carboxylic acids is 1. The molecule has 0 aromatic heterocycles. The van der Waals surface area contributed by atoms with Crippen LogP contribution >= 0.6 is 0 Å². The lowest BCUT2D eigenvalue weighted by molar-refractivity contribution is -0.128. The van der Waals surface area contributed by atoms with E-state index in [0.717, 1.165) is 5.56 Å². The van der Waals surface area contributed by atoms with Crippen LogP contribution in [0.2, 0.25) is 0 Å². The minimum absolute atomic E-state index is 0.0680. The second kappa shape index (κ2) is 13.0. The van der Waals surface area contributed by atoms with Gasteiger partial charge in [0, 0.05) is 42.2 Å². The van der Waals surface area contributed by atoms with Crippen molar-refractivity contribution in [2.45, 2.75) is 44.8 Å². The summed E-state index contributed by atoms with van der Waals surface area (Å²) in [6, 6.07) is 22.7. The summed E-state index contributed by atoms with van der Waals surface area (Å²) >= 11 is 0. The fourth-order valence-electron chi connectivity index (χ4n) is 4.47. The smallest absolute Gasteiger partial charge is 0.252 e. The molecule has 9 heteroatoms. The Bertz CT molecular complexity index is 1350. The van der Waals surface area contributed by atoms with Gasteiger partial charge >= 0.3 is 0 Å². The van der Waals surface area contributed by atoms with Gasteiger partial charge in [0.25, 0.3) is 5.91 Å². The highest BCUT2D eigenvalue weighted by atomic mass is 16.5. The Balaban J connectivity index is 1.60. The first-order chi connectivity index (χ1) is 18.9. The molecule has 9 nitrogen and oxygen atoms in total. The number of benzene rings is 3. The maximum absolute atomic E-state index is 13.8. The van der Waals surface area contributed by atoms with Crippen molar-refractivity contribution in [3.05, 3.63) is 105 Å². The van der Waals surface area contributed by atoms with Crippen LogP contribution in [0.1, 0.15) is 35.6 Å². The van der Waals surface area contributed by atoms with Gasteiger partial charge in [-0.15, -0.1) is 0 Å². The molecule has 0 aliphatic carbocycles. The lowest BCUT2D eigenvalue weighted by Crippen LogP contribution is -2.52. The molecular formula is C30H33N5O4. The third kappa shape index (κ3) is 6.76. The second-order valence-electron chi connectivity index (χ2n) is 9.54. The van der Waals surface area contributed by atoms with E-state index in [9.17, 15) is 4.79 Å². The van der Waals surface area contributed by atoms with Crippen LogP contribution in [0.15, 0.2) is 82.9 Å². The number of aliphatic imine (C=N–C) groups is 1. The summed E-state index contributed by atoms with van der Waals surface area (Å²) in [5.74, 6) is 0.776. The van der Waals surface area contributed by atoms with Crippen molar-refractivity contribution in [2.24, 2.45) is 10.1 Å². The summed E-state index contributed by atoms with van der Waals surface area (Å²) in [6.45, 7) is 4.80. The van der Waals surface area contributed by atoms with Crippen LogP contribution in [-0.4, -0.2) is 48.3 Å². The lowest BCUT2D eigenvalue weighted by Gasteiger charge is -2.28. The Morgan fingerprint density at radius 3 is 2.62 bits per heavy atom. The van der Waals surface area contributed by atoms with Gasteiger partial charge in [-0.05, 0) is 61.2 Å². The summed E-state index contributed by atoms with van der Waals surface area (Å²) < 4.78 is 11.8. The van der Waals surface area contributed by atoms with Gasteiger partial charge in [-0.3, -0.25) is 4.79 Å². The predicted octanol–water partition coefficient (Wildman–Crippen LogP) is 5.20. The van der Waals surface area contributed by atoms with Gasteiger partial charge in [0.1, 0.15) is 11.9 Å². The van der Waals surface area contributed by atoms with Crippen LogP contribution < -0.4 is 10.1 Å². The fourth-order valence-corrected chi connectivity index (χ4v) is 4.47. The van der Waals surface area contributed by atoms with E-state index in [2.05, 4.69) is 39.6 Å². The van der Waals surface area contributed by atoms with Crippen LogP contribution in [0, 0.1) is 6.92 Å². The molecule has 2 atom stereocenters. The number of aliphatic hydroxyl groups is 1. The number of nitrogens with one attached hydrogen (secondary N) is 1. The monoisotopic (exact) mass is 527 g/mol. The molecule has 3 aromatic rings. The standard InChI is InChI=1S/C30H33N5O4/c1-21-8-10-23(11-9-21)16-17-32-29(37)30(20-25-6-3-4-7-27(25)34-35-31)22(2)39-28(33-30)24-12-14-26(15-13-24)38-19-5-18-36/h3-4,6-15,22,36H,5,16-20H2,1-2H3,(H,32,37)/t22-,30-/m1/s1. The van der Waals surface area contributed by atoms with Crippen LogP contribution in [0.5, 0.6) is 5.75 Å². The summed E-state index contributed by atoms with van der Waals surface area (Å²) in [5.41, 5.74) is 12.0. The van der Waals surface area contributed by atoms with Crippen molar-refractivity contribution in [3.63, 3.8) is 0 Å². The van der Waals surface area contributed by atoms with Gasteiger partial charge in [-0.2, -0.15) is 0 Å². The second-order valence-corrected chi connectivity index (χ2v) is 9.54. The van der Waals surface area contributed by atoms with Crippen molar-refractivity contribution < 1.29 is 19.4 Å².